The van der Waals surface area contributed by atoms with Crippen LogP contribution in [0.4, 0.5) is 18.9 Å². The van der Waals surface area contributed by atoms with Gasteiger partial charge in [-0.05, 0) is 75.4 Å². The van der Waals surface area contributed by atoms with Gasteiger partial charge in [0, 0.05) is 50.9 Å². The number of aliphatic carboxylic acids is 1. The van der Waals surface area contributed by atoms with Gasteiger partial charge in [-0.1, -0.05) is 35.5 Å². The van der Waals surface area contributed by atoms with Crippen molar-refractivity contribution in [1.29, 1.82) is 0 Å². The molecule has 2 fully saturated rings. The van der Waals surface area contributed by atoms with Gasteiger partial charge < -0.3 is 19.4 Å². The van der Waals surface area contributed by atoms with E-state index in [1.54, 1.807) is 13.8 Å². The molecular formula is C32H39F3N4O6S. The number of carboxylic acids is 1. The Morgan fingerprint density at radius 3 is 2.02 bits per heavy atom. The van der Waals surface area contributed by atoms with Gasteiger partial charge in [0.15, 0.2) is 5.76 Å². The molecule has 3 aromatic rings. The molecule has 1 aromatic heterocycles. The molecule has 0 saturated carbocycles. The maximum atomic E-state index is 14.1. The molecule has 14 heteroatoms. The number of carbonyl (C=O) groups excluding carboxylic acids is 1. The van der Waals surface area contributed by atoms with Crippen LogP contribution >= 0.6 is 0 Å². The number of carboxylic acid groups (broad SMARTS) is 1. The zero-order chi connectivity index (χ0) is 34.1. The van der Waals surface area contributed by atoms with Gasteiger partial charge in [0.25, 0.3) is 0 Å². The number of amides is 1. The zero-order valence-corrected chi connectivity index (χ0v) is 27.5. The Morgan fingerprint density at radius 1 is 0.913 bits per heavy atom. The molecule has 2 atom stereocenters. The number of anilines is 1. The Bertz CT molecular complexity index is 1670. The molecule has 10 nitrogen and oxygen atoms in total. The highest BCUT2D eigenvalue weighted by atomic mass is 32.2. The first-order valence-electron chi connectivity index (χ1n) is 14.8. The Kier molecular flexibility index (Phi) is 10.2. The molecule has 1 unspecified atom stereocenters. The van der Waals surface area contributed by atoms with Crippen LogP contribution in [-0.4, -0.2) is 85.2 Å². The fraction of sp³-hybridized carbons (Fsp3) is 0.469. The molecule has 0 radical (unpaired) electrons. The molecule has 1 amide bonds. The lowest BCUT2D eigenvalue weighted by atomic mass is 9.83. The first-order valence-corrected chi connectivity index (χ1v) is 16.3. The van der Waals surface area contributed by atoms with Crippen LogP contribution in [0.15, 0.2) is 45.8 Å². The minimum atomic E-state index is -5.08. The smallest absolute Gasteiger partial charge is 0.475 e. The highest BCUT2D eigenvalue weighted by molar-refractivity contribution is 7.89. The average molecular weight is 665 g/mol. The van der Waals surface area contributed by atoms with E-state index in [0.29, 0.717) is 18.8 Å². The van der Waals surface area contributed by atoms with E-state index in [9.17, 15) is 26.4 Å². The van der Waals surface area contributed by atoms with E-state index >= 15 is 0 Å². The molecule has 1 N–H and O–H groups in total. The molecule has 2 aromatic carbocycles. The van der Waals surface area contributed by atoms with Crippen LogP contribution in [0.2, 0.25) is 0 Å². The molecule has 3 heterocycles. The van der Waals surface area contributed by atoms with Crippen LogP contribution < -0.4 is 4.90 Å². The Balaban J connectivity index is 0.000000617. The summed E-state index contributed by atoms with van der Waals surface area (Å²) in [6.07, 6.45) is -5.08. The fourth-order valence-corrected chi connectivity index (χ4v) is 8.14. The second-order valence-electron chi connectivity index (χ2n) is 11.9. The van der Waals surface area contributed by atoms with E-state index in [0.717, 1.165) is 29.8 Å². The summed E-state index contributed by atoms with van der Waals surface area (Å²) in [6.45, 7) is 14.7. The zero-order valence-electron chi connectivity index (χ0n) is 26.7. The molecule has 2 saturated heterocycles. The predicted octanol–water partition coefficient (Wildman–Crippen LogP) is 4.91. The van der Waals surface area contributed by atoms with Gasteiger partial charge >= 0.3 is 12.1 Å². The molecule has 5 rings (SSSR count). The van der Waals surface area contributed by atoms with Crippen molar-refractivity contribution in [3.05, 3.63) is 75.7 Å². The fourth-order valence-electron chi connectivity index (χ4n) is 6.35. The number of nitrogens with zero attached hydrogens (tertiary/aromatic N) is 4. The number of benzene rings is 2. The van der Waals surface area contributed by atoms with E-state index in [4.69, 9.17) is 14.4 Å². The Morgan fingerprint density at radius 2 is 1.50 bits per heavy atom. The number of aromatic nitrogens is 1. The summed E-state index contributed by atoms with van der Waals surface area (Å²) in [5.74, 6) is -3.15. The normalized spacial score (nSPS) is 19.2. The molecule has 46 heavy (non-hydrogen) atoms. The summed E-state index contributed by atoms with van der Waals surface area (Å²) in [6, 6.07) is 12.6. The van der Waals surface area contributed by atoms with Crippen molar-refractivity contribution in [3.8, 4) is 0 Å². The summed E-state index contributed by atoms with van der Waals surface area (Å²) in [5, 5.41) is 11.0. The summed E-state index contributed by atoms with van der Waals surface area (Å²) < 4.78 is 66.0. The van der Waals surface area contributed by atoms with Gasteiger partial charge in [0.2, 0.25) is 15.9 Å². The van der Waals surface area contributed by atoms with Crippen LogP contribution in [0.25, 0.3) is 0 Å². The standard InChI is InChI=1S/C30H38N4O4S.C2HF3O2/c1-19-10-11-20(2)27(16-19)32-12-14-33(15-13-32)30(35)26-18-34(39(36,37)29-23(5)31-38-24(29)6)17-25(26)28-21(3)8-7-9-22(28)4;3-2(4,5)1(6)7/h7-11,16,25-26H,12-15,17-18H2,1-6H3;(H,6,7)/t25-,26?;/m1./s1. The second kappa shape index (κ2) is 13.4. The van der Waals surface area contributed by atoms with Crippen molar-refractivity contribution in [2.45, 2.75) is 58.5 Å². The van der Waals surface area contributed by atoms with Gasteiger partial charge in [-0.3, -0.25) is 4.79 Å². The number of alkyl halides is 3. The number of rotatable bonds is 5. The van der Waals surface area contributed by atoms with Crippen molar-refractivity contribution in [3.63, 3.8) is 0 Å². The molecule has 2 aliphatic rings. The molecule has 0 spiro atoms. The summed E-state index contributed by atoms with van der Waals surface area (Å²) >= 11 is 0. The van der Waals surface area contributed by atoms with E-state index in [2.05, 4.69) is 42.1 Å². The van der Waals surface area contributed by atoms with Gasteiger partial charge in [-0.2, -0.15) is 17.5 Å². The summed E-state index contributed by atoms with van der Waals surface area (Å²) in [5.41, 5.74) is 7.23. The number of hydrogen-bond donors (Lipinski definition) is 1. The summed E-state index contributed by atoms with van der Waals surface area (Å²) in [7, 11) is -3.88. The van der Waals surface area contributed by atoms with Gasteiger partial charge in [-0.25, -0.2) is 13.2 Å². The highest BCUT2D eigenvalue weighted by Crippen LogP contribution is 2.40. The quantitative estimate of drug-likeness (QED) is 0.408. The van der Waals surface area contributed by atoms with E-state index < -0.39 is 28.1 Å². The Labute approximate surface area is 266 Å². The maximum absolute atomic E-state index is 14.1. The molecular weight excluding hydrogens is 625 g/mol. The first kappa shape index (κ1) is 35.0. The van der Waals surface area contributed by atoms with Crippen molar-refractivity contribution < 1.29 is 40.8 Å². The molecule has 250 valence electrons. The van der Waals surface area contributed by atoms with Crippen LogP contribution in [-0.2, 0) is 19.6 Å². The number of carbonyl (C=O) groups is 2. The topological polar surface area (TPSA) is 124 Å². The predicted molar refractivity (Wildman–Crippen MR) is 165 cm³/mol. The van der Waals surface area contributed by atoms with E-state index in [1.165, 1.54) is 21.1 Å². The van der Waals surface area contributed by atoms with Crippen LogP contribution in [0.5, 0.6) is 0 Å². The third-order valence-corrected chi connectivity index (χ3v) is 10.7. The average Bonchev–Trinajstić information content (AvgIpc) is 3.57. The van der Waals surface area contributed by atoms with Crippen LogP contribution in [0.3, 0.4) is 0 Å². The SMILES string of the molecule is Cc1ccc(C)c(N2CCN(C(=O)C3CN(S(=O)(=O)c4c(C)noc4C)C[C@H]3c3c(C)cccc3C)CC2)c1.O=C(O)C(F)(F)F. The molecule has 0 bridgehead atoms. The third kappa shape index (κ3) is 7.22. The summed E-state index contributed by atoms with van der Waals surface area (Å²) in [4.78, 5) is 27.4. The number of halogens is 3. The van der Waals surface area contributed by atoms with Crippen molar-refractivity contribution in [2.24, 2.45) is 5.92 Å². The monoisotopic (exact) mass is 664 g/mol. The number of sulfonamides is 1. The first-order chi connectivity index (χ1) is 21.4. The van der Waals surface area contributed by atoms with Crippen molar-refractivity contribution >= 4 is 27.6 Å². The lowest BCUT2D eigenvalue weighted by Crippen LogP contribution is -2.51. The Hall–Kier alpha value is -3.91. The molecule has 0 aliphatic carbocycles. The van der Waals surface area contributed by atoms with E-state index in [-0.39, 0.29) is 35.6 Å². The largest absolute Gasteiger partial charge is 0.490 e. The molecule has 2 aliphatic heterocycles. The highest BCUT2D eigenvalue weighted by Gasteiger charge is 2.47. The number of aryl methyl sites for hydroxylation is 6. The van der Waals surface area contributed by atoms with Gasteiger partial charge in [-0.15, -0.1) is 0 Å². The van der Waals surface area contributed by atoms with Gasteiger partial charge in [0.05, 0.1) is 5.92 Å². The van der Waals surface area contributed by atoms with Crippen LogP contribution in [0.1, 0.15) is 45.2 Å². The van der Waals surface area contributed by atoms with Gasteiger partial charge in [0.1, 0.15) is 10.6 Å². The minimum Gasteiger partial charge on any atom is -0.475 e. The third-order valence-electron chi connectivity index (χ3n) is 8.62. The number of hydrogen-bond acceptors (Lipinski definition) is 7. The van der Waals surface area contributed by atoms with Crippen LogP contribution in [0, 0.1) is 47.5 Å². The maximum Gasteiger partial charge on any atom is 0.490 e. The van der Waals surface area contributed by atoms with E-state index in [1.807, 2.05) is 36.9 Å². The lowest BCUT2D eigenvalue weighted by molar-refractivity contribution is -0.192. The number of piperazine rings is 1. The second-order valence-corrected chi connectivity index (χ2v) is 13.8. The van der Waals surface area contributed by atoms with Crippen molar-refractivity contribution in [1.82, 2.24) is 14.4 Å². The lowest BCUT2D eigenvalue weighted by Gasteiger charge is -2.38. The minimum absolute atomic E-state index is 0.0275. The van der Waals surface area contributed by atoms with Crippen molar-refractivity contribution in [2.75, 3.05) is 44.2 Å².